The summed E-state index contributed by atoms with van der Waals surface area (Å²) in [5, 5.41) is 9.59. The van der Waals surface area contributed by atoms with Gasteiger partial charge in [0.15, 0.2) is 0 Å². The van der Waals surface area contributed by atoms with Gasteiger partial charge in [-0.3, -0.25) is 4.90 Å². The van der Waals surface area contributed by atoms with E-state index in [1.165, 1.54) is 0 Å². The second-order valence-corrected chi connectivity index (χ2v) is 6.17. The van der Waals surface area contributed by atoms with Gasteiger partial charge in [-0.2, -0.15) is 8.78 Å². The first kappa shape index (κ1) is 17.2. The number of benzene rings is 1. The Labute approximate surface area is 130 Å². The number of halogens is 2. The van der Waals surface area contributed by atoms with E-state index in [0.29, 0.717) is 0 Å². The number of piperidine rings is 1. The van der Waals surface area contributed by atoms with Crippen molar-refractivity contribution in [1.29, 1.82) is 0 Å². The van der Waals surface area contributed by atoms with Crippen LogP contribution in [0, 0.1) is 5.41 Å². The summed E-state index contributed by atoms with van der Waals surface area (Å²) in [5.74, 6) is 0.190. The monoisotopic (exact) mass is 313 g/mol. The average Bonchev–Trinajstić information content (AvgIpc) is 2.54. The van der Waals surface area contributed by atoms with Crippen LogP contribution in [0.25, 0.3) is 0 Å². The van der Waals surface area contributed by atoms with Crippen molar-refractivity contribution in [2.24, 2.45) is 5.41 Å². The normalized spacial score (nSPS) is 20.1. The molecule has 0 aliphatic carbocycles. The number of hydrogen-bond acceptors (Lipinski definition) is 3. The van der Waals surface area contributed by atoms with Crippen LogP contribution in [0.1, 0.15) is 44.7 Å². The molecule has 0 bridgehead atoms. The molecule has 1 aliphatic heterocycles. The van der Waals surface area contributed by atoms with E-state index in [2.05, 4.69) is 23.5 Å². The van der Waals surface area contributed by atoms with Crippen LogP contribution in [0.15, 0.2) is 24.3 Å². The number of alkyl halides is 2. The molecular formula is C17H25F2NO2. The second kappa shape index (κ2) is 7.38. The lowest BCUT2D eigenvalue weighted by Gasteiger charge is -2.42. The first-order chi connectivity index (χ1) is 10.5. The van der Waals surface area contributed by atoms with Gasteiger partial charge in [0.2, 0.25) is 0 Å². The van der Waals surface area contributed by atoms with Crippen LogP contribution >= 0.6 is 0 Å². The zero-order chi connectivity index (χ0) is 16.2. The molecule has 0 radical (unpaired) electrons. The predicted molar refractivity (Wildman–Crippen MR) is 82.1 cm³/mol. The Hall–Kier alpha value is -1.20. The summed E-state index contributed by atoms with van der Waals surface area (Å²) >= 11 is 0. The van der Waals surface area contributed by atoms with Gasteiger partial charge in [0.25, 0.3) is 0 Å². The standard InChI is InChI=1S/C17H25F2NO2/c1-3-17(12-21)8-10-20(11-9-17)13(2)14-4-6-15(7-5-14)22-16(18)19/h4-7,13,16,21H,3,8-12H2,1-2H3. The molecule has 1 aliphatic rings. The molecule has 1 aromatic carbocycles. The van der Waals surface area contributed by atoms with Crippen molar-refractivity contribution in [3.05, 3.63) is 29.8 Å². The Kier molecular flexibility index (Phi) is 5.75. The molecule has 124 valence electrons. The third-order valence-electron chi connectivity index (χ3n) is 5.08. The van der Waals surface area contributed by atoms with Crippen molar-refractivity contribution in [3.8, 4) is 5.75 Å². The molecule has 2 rings (SSSR count). The smallest absolute Gasteiger partial charge is 0.387 e. The summed E-state index contributed by atoms with van der Waals surface area (Å²) in [6.07, 6.45) is 3.00. The zero-order valence-electron chi connectivity index (χ0n) is 13.3. The fourth-order valence-electron chi connectivity index (χ4n) is 3.15. The largest absolute Gasteiger partial charge is 0.435 e. The zero-order valence-corrected chi connectivity index (χ0v) is 13.3. The third-order valence-corrected chi connectivity index (χ3v) is 5.08. The summed E-state index contributed by atoms with van der Waals surface area (Å²) in [5.41, 5.74) is 1.17. The molecule has 22 heavy (non-hydrogen) atoms. The van der Waals surface area contributed by atoms with E-state index in [1.54, 1.807) is 12.1 Å². The number of likely N-dealkylation sites (tertiary alicyclic amines) is 1. The van der Waals surface area contributed by atoms with Gasteiger partial charge in [-0.05, 0) is 62.4 Å². The fraction of sp³-hybridized carbons (Fsp3) is 0.647. The molecule has 1 unspecified atom stereocenters. The van der Waals surface area contributed by atoms with Crippen LogP contribution in [-0.2, 0) is 0 Å². The molecule has 0 saturated carbocycles. The average molecular weight is 313 g/mol. The van der Waals surface area contributed by atoms with E-state index in [0.717, 1.165) is 37.9 Å². The van der Waals surface area contributed by atoms with E-state index in [4.69, 9.17) is 0 Å². The predicted octanol–water partition coefficient (Wildman–Crippen LogP) is 3.83. The van der Waals surface area contributed by atoms with Gasteiger partial charge in [0, 0.05) is 12.6 Å². The van der Waals surface area contributed by atoms with E-state index in [9.17, 15) is 13.9 Å². The molecule has 3 nitrogen and oxygen atoms in total. The first-order valence-electron chi connectivity index (χ1n) is 7.89. The molecule has 1 fully saturated rings. The van der Waals surface area contributed by atoms with Gasteiger partial charge < -0.3 is 9.84 Å². The van der Waals surface area contributed by atoms with Crippen molar-refractivity contribution in [2.75, 3.05) is 19.7 Å². The summed E-state index contributed by atoms with van der Waals surface area (Å²) < 4.78 is 28.7. The van der Waals surface area contributed by atoms with Crippen LogP contribution in [0.2, 0.25) is 0 Å². The molecular weight excluding hydrogens is 288 g/mol. The maximum Gasteiger partial charge on any atom is 0.387 e. The van der Waals surface area contributed by atoms with Crippen molar-refractivity contribution in [3.63, 3.8) is 0 Å². The van der Waals surface area contributed by atoms with Crippen molar-refractivity contribution in [2.45, 2.75) is 45.8 Å². The lowest BCUT2D eigenvalue weighted by Crippen LogP contribution is -2.42. The van der Waals surface area contributed by atoms with Gasteiger partial charge in [0.05, 0.1) is 0 Å². The van der Waals surface area contributed by atoms with E-state index < -0.39 is 6.61 Å². The maximum atomic E-state index is 12.2. The number of aliphatic hydroxyl groups is 1. The van der Waals surface area contributed by atoms with Gasteiger partial charge in [0.1, 0.15) is 5.75 Å². The highest BCUT2D eigenvalue weighted by molar-refractivity contribution is 5.29. The summed E-state index contributed by atoms with van der Waals surface area (Å²) in [7, 11) is 0. The van der Waals surface area contributed by atoms with E-state index in [1.807, 2.05) is 12.1 Å². The quantitative estimate of drug-likeness (QED) is 0.866. The highest BCUT2D eigenvalue weighted by Crippen LogP contribution is 2.37. The molecule has 0 aromatic heterocycles. The van der Waals surface area contributed by atoms with Crippen LogP contribution < -0.4 is 4.74 Å². The number of rotatable bonds is 6. The van der Waals surface area contributed by atoms with Crippen molar-refractivity contribution < 1.29 is 18.6 Å². The Bertz CT molecular complexity index is 450. The Morgan fingerprint density at radius 2 is 1.82 bits per heavy atom. The number of aliphatic hydroxyl groups excluding tert-OH is 1. The van der Waals surface area contributed by atoms with Crippen LogP contribution in [0.4, 0.5) is 8.78 Å². The highest BCUT2D eigenvalue weighted by atomic mass is 19.3. The number of ether oxygens (including phenoxy) is 1. The summed E-state index contributed by atoms with van der Waals surface area (Å²) in [6, 6.07) is 7.10. The minimum Gasteiger partial charge on any atom is -0.435 e. The molecule has 0 amide bonds. The molecule has 1 saturated heterocycles. The third kappa shape index (κ3) is 3.96. The topological polar surface area (TPSA) is 32.7 Å². The van der Waals surface area contributed by atoms with Crippen molar-refractivity contribution >= 4 is 0 Å². The van der Waals surface area contributed by atoms with E-state index in [-0.39, 0.29) is 23.8 Å². The number of hydrogen-bond donors (Lipinski definition) is 1. The molecule has 0 spiro atoms. The Balaban J connectivity index is 1.96. The highest BCUT2D eigenvalue weighted by Gasteiger charge is 2.33. The number of nitrogens with zero attached hydrogens (tertiary/aromatic N) is 1. The second-order valence-electron chi connectivity index (χ2n) is 6.17. The molecule has 1 atom stereocenters. The van der Waals surface area contributed by atoms with Crippen molar-refractivity contribution in [1.82, 2.24) is 4.90 Å². The minimum atomic E-state index is -2.79. The summed E-state index contributed by atoms with van der Waals surface area (Å²) in [6.45, 7) is 3.63. The first-order valence-corrected chi connectivity index (χ1v) is 7.89. The van der Waals surface area contributed by atoms with Gasteiger partial charge in [-0.1, -0.05) is 19.1 Å². The SMILES string of the molecule is CCC1(CO)CCN(C(C)c2ccc(OC(F)F)cc2)CC1. The molecule has 1 N–H and O–H groups in total. The summed E-state index contributed by atoms with van der Waals surface area (Å²) in [4.78, 5) is 2.38. The van der Waals surface area contributed by atoms with E-state index >= 15 is 0 Å². The van der Waals surface area contributed by atoms with Crippen LogP contribution in [0.3, 0.4) is 0 Å². The lowest BCUT2D eigenvalue weighted by atomic mass is 9.76. The van der Waals surface area contributed by atoms with Gasteiger partial charge in [-0.25, -0.2) is 0 Å². The van der Waals surface area contributed by atoms with Crippen LogP contribution in [0.5, 0.6) is 5.75 Å². The maximum absolute atomic E-state index is 12.2. The van der Waals surface area contributed by atoms with Gasteiger partial charge >= 0.3 is 6.61 Å². The lowest BCUT2D eigenvalue weighted by molar-refractivity contribution is -0.0498. The Morgan fingerprint density at radius 3 is 2.27 bits per heavy atom. The molecule has 5 heteroatoms. The molecule has 1 heterocycles. The fourth-order valence-corrected chi connectivity index (χ4v) is 3.15. The Morgan fingerprint density at radius 1 is 1.23 bits per heavy atom. The van der Waals surface area contributed by atoms with Gasteiger partial charge in [-0.15, -0.1) is 0 Å². The minimum absolute atomic E-state index is 0.0746. The molecule has 1 aromatic rings. The van der Waals surface area contributed by atoms with Crippen LogP contribution in [-0.4, -0.2) is 36.3 Å².